The number of nitrogens with zero attached hydrogens (tertiary/aromatic N) is 2. The van der Waals surface area contributed by atoms with E-state index in [1.807, 2.05) is 6.92 Å². The molecule has 1 heterocycles. The highest BCUT2D eigenvalue weighted by atomic mass is 19.1. The Bertz CT molecular complexity index is 563. The summed E-state index contributed by atoms with van der Waals surface area (Å²) in [5.41, 5.74) is 1.63. The molecule has 0 fully saturated rings. The molecule has 0 aliphatic heterocycles. The van der Waals surface area contributed by atoms with Crippen LogP contribution in [0.2, 0.25) is 0 Å². The molecule has 0 N–H and O–H groups in total. The van der Waals surface area contributed by atoms with Crippen molar-refractivity contribution in [1.82, 2.24) is 9.55 Å². The number of aryl methyl sites for hydroxylation is 1. The molecule has 82 valence electrons. The molecule has 0 aliphatic carbocycles. The second-order valence-electron chi connectivity index (χ2n) is 3.62. The molecule has 1 aromatic carbocycles. The molecule has 3 nitrogen and oxygen atoms in total. The first-order valence-corrected chi connectivity index (χ1v) is 4.92. The zero-order valence-corrected chi connectivity index (χ0v) is 8.85. The van der Waals surface area contributed by atoms with Gasteiger partial charge in [-0.15, -0.1) is 0 Å². The number of rotatable bonds is 2. The minimum atomic E-state index is -0.264. The van der Waals surface area contributed by atoms with Crippen molar-refractivity contribution in [3.63, 3.8) is 0 Å². The predicted octanol–water partition coefficient (Wildman–Crippen LogP) is 1.74. The van der Waals surface area contributed by atoms with E-state index in [9.17, 15) is 9.18 Å². The maximum absolute atomic E-state index is 12.9. The van der Waals surface area contributed by atoms with Gasteiger partial charge in [0, 0.05) is 12.3 Å². The quantitative estimate of drug-likeness (QED) is 0.769. The molecule has 0 amide bonds. The van der Waals surface area contributed by atoms with Crippen molar-refractivity contribution in [2.75, 3.05) is 0 Å². The Balaban J connectivity index is 2.35. The van der Waals surface area contributed by atoms with Crippen LogP contribution in [0.4, 0.5) is 4.39 Å². The van der Waals surface area contributed by atoms with Crippen LogP contribution in [0, 0.1) is 12.7 Å². The normalized spacial score (nSPS) is 10.4. The number of aromatic nitrogens is 2. The van der Waals surface area contributed by atoms with Crippen LogP contribution in [0.5, 0.6) is 0 Å². The average molecular weight is 218 g/mol. The molecule has 0 spiro atoms. The molecular weight excluding hydrogens is 207 g/mol. The van der Waals surface area contributed by atoms with Crippen molar-refractivity contribution >= 4 is 0 Å². The molecule has 16 heavy (non-hydrogen) atoms. The Morgan fingerprint density at radius 2 is 2.19 bits per heavy atom. The van der Waals surface area contributed by atoms with E-state index in [1.54, 1.807) is 6.07 Å². The zero-order valence-electron chi connectivity index (χ0n) is 8.85. The van der Waals surface area contributed by atoms with Gasteiger partial charge in [0.1, 0.15) is 5.82 Å². The summed E-state index contributed by atoms with van der Waals surface area (Å²) in [6.45, 7) is 2.23. The minimum absolute atomic E-state index is 0.112. The third-order valence-electron chi connectivity index (χ3n) is 2.44. The Kier molecular flexibility index (Phi) is 2.81. The number of benzene rings is 1. The van der Waals surface area contributed by atoms with Gasteiger partial charge in [-0.3, -0.25) is 9.36 Å². The highest BCUT2D eigenvalue weighted by Gasteiger charge is 2.02. The summed E-state index contributed by atoms with van der Waals surface area (Å²) < 4.78 is 14.4. The summed E-state index contributed by atoms with van der Waals surface area (Å²) in [6.07, 6.45) is 2.93. The Morgan fingerprint density at radius 3 is 2.88 bits per heavy atom. The lowest BCUT2D eigenvalue weighted by Gasteiger charge is -2.07. The molecule has 1 aromatic heterocycles. The van der Waals surface area contributed by atoms with E-state index in [2.05, 4.69) is 4.98 Å². The van der Waals surface area contributed by atoms with Gasteiger partial charge in [0.15, 0.2) is 0 Å². The molecule has 0 saturated heterocycles. The van der Waals surface area contributed by atoms with Crippen molar-refractivity contribution in [2.45, 2.75) is 13.5 Å². The lowest BCUT2D eigenvalue weighted by atomic mass is 10.1. The Hall–Kier alpha value is -1.97. The highest BCUT2D eigenvalue weighted by molar-refractivity contribution is 5.26. The van der Waals surface area contributed by atoms with Crippen molar-refractivity contribution in [2.24, 2.45) is 0 Å². The van der Waals surface area contributed by atoms with Gasteiger partial charge in [0.05, 0.1) is 12.9 Å². The van der Waals surface area contributed by atoms with E-state index in [4.69, 9.17) is 0 Å². The van der Waals surface area contributed by atoms with Gasteiger partial charge in [-0.1, -0.05) is 6.07 Å². The van der Waals surface area contributed by atoms with E-state index < -0.39 is 0 Å². The first kappa shape index (κ1) is 10.5. The molecule has 2 aromatic rings. The molecule has 4 heteroatoms. The van der Waals surface area contributed by atoms with Gasteiger partial charge in [-0.05, 0) is 30.2 Å². The topological polar surface area (TPSA) is 34.9 Å². The molecule has 2 rings (SSSR count). The van der Waals surface area contributed by atoms with E-state index in [-0.39, 0.29) is 11.4 Å². The maximum Gasteiger partial charge on any atom is 0.253 e. The minimum Gasteiger partial charge on any atom is -0.295 e. The van der Waals surface area contributed by atoms with Gasteiger partial charge in [-0.2, -0.15) is 0 Å². The van der Waals surface area contributed by atoms with Crippen molar-refractivity contribution in [3.8, 4) is 0 Å². The summed E-state index contributed by atoms with van der Waals surface area (Å²) in [5.74, 6) is -0.264. The monoisotopic (exact) mass is 218 g/mol. The fourth-order valence-corrected chi connectivity index (χ4v) is 1.52. The molecule has 0 unspecified atom stereocenters. The van der Waals surface area contributed by atoms with E-state index in [1.165, 1.54) is 35.3 Å². The molecule has 0 bridgehead atoms. The van der Waals surface area contributed by atoms with Gasteiger partial charge >= 0.3 is 0 Å². The molecule has 0 radical (unpaired) electrons. The van der Waals surface area contributed by atoms with Crippen LogP contribution in [0.25, 0.3) is 0 Å². The summed E-state index contributed by atoms with van der Waals surface area (Å²) in [5, 5.41) is 0. The van der Waals surface area contributed by atoms with Gasteiger partial charge in [0.25, 0.3) is 5.56 Å². The second kappa shape index (κ2) is 4.26. The van der Waals surface area contributed by atoms with Crippen LogP contribution < -0.4 is 5.56 Å². The summed E-state index contributed by atoms with van der Waals surface area (Å²) in [6, 6.07) is 5.93. The third-order valence-corrected chi connectivity index (χ3v) is 2.44. The first-order valence-electron chi connectivity index (χ1n) is 4.92. The second-order valence-corrected chi connectivity index (χ2v) is 3.62. The largest absolute Gasteiger partial charge is 0.295 e. The lowest BCUT2D eigenvalue weighted by Crippen LogP contribution is -2.19. The number of halogens is 1. The molecule has 0 saturated carbocycles. The van der Waals surface area contributed by atoms with Crippen LogP contribution >= 0.6 is 0 Å². The molecule has 0 aliphatic rings. The fraction of sp³-hybridized carbons (Fsp3) is 0.167. The first-order chi connectivity index (χ1) is 7.66. The van der Waals surface area contributed by atoms with E-state index in [0.29, 0.717) is 6.54 Å². The van der Waals surface area contributed by atoms with Gasteiger partial charge < -0.3 is 0 Å². The Morgan fingerprint density at radius 1 is 1.38 bits per heavy atom. The predicted molar refractivity (Wildman–Crippen MR) is 58.7 cm³/mol. The van der Waals surface area contributed by atoms with Crippen LogP contribution in [-0.2, 0) is 6.54 Å². The van der Waals surface area contributed by atoms with Gasteiger partial charge in [0.2, 0.25) is 0 Å². The lowest BCUT2D eigenvalue weighted by molar-refractivity contribution is 0.624. The third kappa shape index (κ3) is 2.16. The van der Waals surface area contributed by atoms with E-state index in [0.717, 1.165) is 11.1 Å². The van der Waals surface area contributed by atoms with Crippen molar-refractivity contribution in [3.05, 3.63) is 64.1 Å². The average Bonchev–Trinajstić information content (AvgIpc) is 2.25. The van der Waals surface area contributed by atoms with Crippen LogP contribution in [0.15, 0.2) is 41.6 Å². The summed E-state index contributed by atoms with van der Waals surface area (Å²) >= 11 is 0. The highest BCUT2D eigenvalue weighted by Crippen LogP contribution is 2.10. The smallest absolute Gasteiger partial charge is 0.253 e. The van der Waals surface area contributed by atoms with Crippen molar-refractivity contribution in [1.29, 1.82) is 0 Å². The Labute approximate surface area is 92.2 Å². The molecular formula is C12H11FN2O. The summed E-state index contributed by atoms with van der Waals surface area (Å²) in [7, 11) is 0. The SMILES string of the molecule is Cc1cc(F)ccc1Cn1cnccc1=O. The number of hydrogen-bond acceptors (Lipinski definition) is 2. The van der Waals surface area contributed by atoms with Crippen LogP contribution in [0.1, 0.15) is 11.1 Å². The van der Waals surface area contributed by atoms with Crippen LogP contribution in [-0.4, -0.2) is 9.55 Å². The zero-order chi connectivity index (χ0) is 11.5. The van der Waals surface area contributed by atoms with E-state index >= 15 is 0 Å². The maximum atomic E-state index is 12.9. The van der Waals surface area contributed by atoms with Crippen LogP contribution in [0.3, 0.4) is 0 Å². The summed E-state index contributed by atoms with van der Waals surface area (Å²) in [4.78, 5) is 15.3. The molecule has 0 atom stereocenters. The standard InChI is InChI=1S/C12H11FN2O/c1-9-6-11(13)3-2-10(9)7-15-8-14-5-4-12(15)16/h2-6,8H,7H2,1H3. The number of hydrogen-bond donors (Lipinski definition) is 0. The van der Waals surface area contributed by atoms with Gasteiger partial charge in [-0.25, -0.2) is 9.37 Å². The fourth-order valence-electron chi connectivity index (χ4n) is 1.52. The van der Waals surface area contributed by atoms with Crippen molar-refractivity contribution < 1.29 is 4.39 Å².